The van der Waals surface area contributed by atoms with E-state index in [0.29, 0.717) is 11.4 Å². The van der Waals surface area contributed by atoms with Crippen molar-refractivity contribution in [3.05, 3.63) is 114 Å². The first-order chi connectivity index (χ1) is 23.7. The van der Waals surface area contributed by atoms with E-state index in [1.165, 1.54) is 76.7 Å². The fraction of sp³-hybridized carbons (Fsp3) is 0.500. The van der Waals surface area contributed by atoms with Gasteiger partial charge >= 0.3 is 0 Å². The smallest absolute Gasteiger partial charge is 0.159 e. The van der Waals surface area contributed by atoms with E-state index >= 15 is 0 Å². The van der Waals surface area contributed by atoms with Gasteiger partial charge in [0.25, 0.3) is 0 Å². The molecule has 0 bridgehead atoms. The summed E-state index contributed by atoms with van der Waals surface area (Å²) in [5.41, 5.74) is 7.89. The summed E-state index contributed by atoms with van der Waals surface area (Å²) in [6, 6.07) is 23.0. The summed E-state index contributed by atoms with van der Waals surface area (Å²) < 4.78 is 13.3. The molecule has 3 aliphatic rings. The number of hydrogen-bond donors (Lipinski definition) is 0. The van der Waals surface area contributed by atoms with Crippen LogP contribution in [0.1, 0.15) is 113 Å². The van der Waals surface area contributed by atoms with Crippen molar-refractivity contribution in [2.75, 3.05) is 0 Å². The molecule has 2 atom stereocenters. The van der Waals surface area contributed by atoms with Crippen LogP contribution in [-0.2, 0) is 39.1 Å². The van der Waals surface area contributed by atoms with Crippen molar-refractivity contribution in [1.82, 2.24) is 9.97 Å². The van der Waals surface area contributed by atoms with E-state index < -0.39 is 0 Å². The zero-order chi connectivity index (χ0) is 34.3. The number of nitrogens with zero attached hydrogens (tertiary/aromatic N) is 2. The van der Waals surface area contributed by atoms with Gasteiger partial charge in [-0.3, -0.25) is 0 Å². The van der Waals surface area contributed by atoms with Gasteiger partial charge in [-0.25, -0.2) is 14.4 Å². The van der Waals surface area contributed by atoms with Gasteiger partial charge in [0.1, 0.15) is 5.82 Å². The zero-order valence-electron chi connectivity index (χ0n) is 31.3. The SMILES string of the molecule is CC1[CH-]C(C)CC(c2ccc(CC3CCC(C4CCC(C)CC4)CC3)cc2)C1.Cc1cnc(-c2ccc(-c3ccc(F)c(C)c3)cc2)nc1.[Y]. The molecule has 3 aliphatic carbocycles. The molecule has 1 aromatic heterocycles. The number of aromatic nitrogens is 2. The minimum absolute atomic E-state index is 0. The Balaban J connectivity index is 0.000000198. The average Bonchev–Trinajstić information content (AvgIpc) is 3.11. The first-order valence-corrected chi connectivity index (χ1v) is 19.3. The number of benzene rings is 3. The molecular formula is C46H58FN2Y-. The second-order valence-electron chi connectivity index (χ2n) is 16.2. The normalized spacial score (nSPS) is 26.6. The third kappa shape index (κ3) is 10.7. The maximum Gasteiger partial charge on any atom is 0.159 e. The van der Waals surface area contributed by atoms with Crippen LogP contribution in [0.2, 0.25) is 0 Å². The van der Waals surface area contributed by atoms with Crippen LogP contribution in [0.5, 0.6) is 0 Å². The molecule has 1 radical (unpaired) electrons. The van der Waals surface area contributed by atoms with Crippen LogP contribution in [0, 0.1) is 61.6 Å². The van der Waals surface area contributed by atoms with Crippen LogP contribution in [0.3, 0.4) is 0 Å². The molecule has 4 aromatic rings. The standard InChI is InChI=1S/C28H43.C18H15FN2.Y/c1-20-4-10-25(11-5-20)26-12-6-23(7-13-26)19-24-8-14-27(15-9-24)28-17-21(2)16-22(3)18-28;1-12-10-20-18(21-11-12)15-5-3-14(4-6-15)16-7-8-17(19)13(2)9-16;/h8-9,14-16,20-23,25-26,28H,4-7,10-13,17-19H2,1-3H3;3-11H,1-2H3;/q-1;;. The van der Waals surface area contributed by atoms with Crippen molar-refractivity contribution in [3.63, 3.8) is 0 Å². The van der Waals surface area contributed by atoms with E-state index in [9.17, 15) is 4.39 Å². The monoisotopic (exact) mass is 746 g/mol. The summed E-state index contributed by atoms with van der Waals surface area (Å²) in [5, 5.41) is 0. The number of hydrogen-bond acceptors (Lipinski definition) is 2. The van der Waals surface area contributed by atoms with Gasteiger partial charge in [-0.15, -0.1) is 0 Å². The van der Waals surface area contributed by atoms with Crippen LogP contribution >= 0.6 is 0 Å². The molecule has 263 valence electrons. The van der Waals surface area contributed by atoms with Gasteiger partial charge < -0.3 is 6.42 Å². The summed E-state index contributed by atoms with van der Waals surface area (Å²) >= 11 is 0. The number of aryl methyl sites for hydroxylation is 2. The molecule has 50 heavy (non-hydrogen) atoms. The second-order valence-corrected chi connectivity index (χ2v) is 16.2. The van der Waals surface area contributed by atoms with Gasteiger partial charge in [0.15, 0.2) is 5.82 Å². The van der Waals surface area contributed by atoms with Gasteiger partial charge in [-0.05, 0) is 134 Å². The number of rotatable bonds is 6. The third-order valence-electron chi connectivity index (χ3n) is 12.0. The summed E-state index contributed by atoms with van der Waals surface area (Å²) in [6.45, 7) is 11.0. The van der Waals surface area contributed by atoms with Gasteiger partial charge in [0.2, 0.25) is 0 Å². The largest absolute Gasteiger partial charge is 0.323 e. The summed E-state index contributed by atoms with van der Waals surface area (Å²) in [4.78, 5) is 8.63. The van der Waals surface area contributed by atoms with E-state index in [1.807, 2.05) is 37.3 Å². The Labute approximate surface area is 327 Å². The number of halogens is 1. The molecule has 0 amide bonds. The Morgan fingerprint density at radius 3 is 1.78 bits per heavy atom. The van der Waals surface area contributed by atoms with E-state index in [1.54, 1.807) is 36.5 Å². The quantitative estimate of drug-likeness (QED) is 0.184. The fourth-order valence-electron chi connectivity index (χ4n) is 9.04. The predicted octanol–water partition coefficient (Wildman–Crippen LogP) is 12.8. The molecule has 1 heterocycles. The van der Waals surface area contributed by atoms with Crippen molar-refractivity contribution in [2.24, 2.45) is 35.5 Å². The van der Waals surface area contributed by atoms with Gasteiger partial charge in [-0.2, -0.15) is 11.8 Å². The summed E-state index contributed by atoms with van der Waals surface area (Å²) in [6.07, 6.45) is 22.2. The molecule has 0 N–H and O–H groups in total. The fourth-order valence-corrected chi connectivity index (χ4v) is 9.04. The maximum atomic E-state index is 13.3. The molecule has 3 aromatic carbocycles. The molecular weight excluding hydrogens is 688 g/mol. The molecule has 3 saturated carbocycles. The summed E-state index contributed by atoms with van der Waals surface area (Å²) in [5.74, 6) is 6.91. The van der Waals surface area contributed by atoms with Gasteiger partial charge in [0.05, 0.1) is 0 Å². The van der Waals surface area contributed by atoms with Crippen molar-refractivity contribution in [2.45, 2.75) is 111 Å². The van der Waals surface area contributed by atoms with Crippen molar-refractivity contribution in [3.8, 4) is 22.5 Å². The van der Waals surface area contributed by atoms with E-state index in [2.05, 4.69) is 61.4 Å². The van der Waals surface area contributed by atoms with Crippen molar-refractivity contribution < 1.29 is 37.1 Å². The molecule has 7 rings (SSSR count). The van der Waals surface area contributed by atoms with Crippen molar-refractivity contribution >= 4 is 0 Å². The minimum atomic E-state index is -0.177. The van der Waals surface area contributed by atoms with Crippen molar-refractivity contribution in [1.29, 1.82) is 0 Å². The Kier molecular flexibility index (Phi) is 14.4. The van der Waals surface area contributed by atoms with E-state index in [-0.39, 0.29) is 38.5 Å². The zero-order valence-corrected chi connectivity index (χ0v) is 34.1. The summed E-state index contributed by atoms with van der Waals surface area (Å²) in [7, 11) is 0. The van der Waals surface area contributed by atoms with E-state index in [0.717, 1.165) is 63.7 Å². The Morgan fingerprint density at radius 2 is 1.20 bits per heavy atom. The van der Waals surface area contributed by atoms with Crippen LogP contribution in [0.4, 0.5) is 4.39 Å². The molecule has 3 fully saturated rings. The third-order valence-corrected chi connectivity index (χ3v) is 12.0. The molecule has 0 aliphatic heterocycles. The molecule has 0 saturated heterocycles. The Bertz CT molecular complexity index is 1590. The van der Waals surface area contributed by atoms with Gasteiger partial charge in [0, 0.05) is 50.7 Å². The van der Waals surface area contributed by atoms with Crippen LogP contribution in [-0.4, -0.2) is 9.97 Å². The Hall–Kier alpha value is -2.23. The minimum Gasteiger partial charge on any atom is -0.323 e. The first-order valence-electron chi connectivity index (χ1n) is 19.3. The average molecular weight is 747 g/mol. The second kappa shape index (κ2) is 18.5. The van der Waals surface area contributed by atoms with Crippen LogP contribution in [0.25, 0.3) is 22.5 Å². The molecule has 2 unspecified atom stereocenters. The maximum absolute atomic E-state index is 13.3. The van der Waals surface area contributed by atoms with Gasteiger partial charge in [-0.1, -0.05) is 101 Å². The van der Waals surface area contributed by atoms with Crippen LogP contribution in [0.15, 0.2) is 79.1 Å². The van der Waals surface area contributed by atoms with E-state index in [4.69, 9.17) is 0 Å². The molecule has 4 heteroatoms. The molecule has 2 nitrogen and oxygen atoms in total. The predicted molar refractivity (Wildman–Crippen MR) is 204 cm³/mol. The molecule has 0 spiro atoms. The van der Waals surface area contributed by atoms with Crippen LogP contribution < -0.4 is 0 Å². The Morgan fingerprint density at radius 1 is 0.660 bits per heavy atom. The topological polar surface area (TPSA) is 25.8 Å². The first kappa shape index (κ1) is 39.0.